The minimum absolute atomic E-state index is 0.0151. The second-order valence-electron chi connectivity index (χ2n) is 6.16. The monoisotopic (exact) mass is 275 g/mol. The van der Waals surface area contributed by atoms with E-state index in [4.69, 9.17) is 0 Å². The number of nitrogens with one attached hydrogen (secondary N) is 1. The van der Waals surface area contributed by atoms with Crippen molar-refractivity contribution in [3.8, 4) is 0 Å². The van der Waals surface area contributed by atoms with Crippen molar-refractivity contribution in [3.63, 3.8) is 0 Å². The van der Waals surface area contributed by atoms with Crippen molar-refractivity contribution in [3.05, 3.63) is 35.9 Å². The van der Waals surface area contributed by atoms with Crippen molar-refractivity contribution in [1.82, 2.24) is 5.32 Å². The van der Waals surface area contributed by atoms with Gasteiger partial charge < -0.3 is 10.4 Å². The van der Waals surface area contributed by atoms with Gasteiger partial charge >= 0.3 is 5.97 Å². The van der Waals surface area contributed by atoms with Gasteiger partial charge in [0.1, 0.15) is 0 Å². The predicted octanol–water partition coefficient (Wildman–Crippen LogP) is 2.54. The normalized spacial score (nSPS) is 22.6. The number of rotatable bonds is 5. The molecule has 1 amide bonds. The molecular weight excluding hydrogens is 254 g/mol. The SMILES string of the molecule is CCC(NC(=O)C1CC1(C)C)(C(=O)O)c1ccccc1. The number of hydrogen-bond acceptors (Lipinski definition) is 2. The van der Waals surface area contributed by atoms with E-state index in [9.17, 15) is 14.7 Å². The summed E-state index contributed by atoms with van der Waals surface area (Å²) in [6.07, 6.45) is 1.12. The number of amides is 1. The molecule has 0 aliphatic heterocycles. The molecule has 0 heterocycles. The Hall–Kier alpha value is -1.84. The van der Waals surface area contributed by atoms with Gasteiger partial charge in [-0.2, -0.15) is 0 Å². The van der Waals surface area contributed by atoms with Crippen molar-refractivity contribution in [2.24, 2.45) is 11.3 Å². The summed E-state index contributed by atoms with van der Waals surface area (Å²) >= 11 is 0. The van der Waals surface area contributed by atoms with E-state index in [0.717, 1.165) is 6.42 Å². The number of carboxylic acid groups (broad SMARTS) is 1. The minimum Gasteiger partial charge on any atom is -0.479 e. The van der Waals surface area contributed by atoms with Crippen LogP contribution in [0.2, 0.25) is 0 Å². The zero-order valence-corrected chi connectivity index (χ0v) is 12.1. The van der Waals surface area contributed by atoms with Crippen LogP contribution in [0.25, 0.3) is 0 Å². The first-order valence-electron chi connectivity index (χ1n) is 6.94. The fourth-order valence-electron chi connectivity index (χ4n) is 2.63. The molecule has 1 aromatic carbocycles. The van der Waals surface area contributed by atoms with Gasteiger partial charge in [-0.05, 0) is 23.8 Å². The first-order valence-corrected chi connectivity index (χ1v) is 6.94. The Labute approximate surface area is 119 Å². The number of carbonyl (C=O) groups excluding carboxylic acids is 1. The van der Waals surface area contributed by atoms with Crippen LogP contribution >= 0.6 is 0 Å². The molecule has 1 fully saturated rings. The third kappa shape index (κ3) is 2.42. The van der Waals surface area contributed by atoms with E-state index >= 15 is 0 Å². The van der Waals surface area contributed by atoms with Crippen LogP contribution in [0, 0.1) is 11.3 Å². The van der Waals surface area contributed by atoms with Crippen LogP contribution in [0.15, 0.2) is 30.3 Å². The van der Waals surface area contributed by atoms with E-state index in [1.165, 1.54) is 0 Å². The van der Waals surface area contributed by atoms with E-state index in [2.05, 4.69) is 5.32 Å². The highest BCUT2D eigenvalue weighted by Crippen LogP contribution is 2.52. The lowest BCUT2D eigenvalue weighted by atomic mass is 9.86. The van der Waals surface area contributed by atoms with Crippen LogP contribution in [0.3, 0.4) is 0 Å². The molecule has 1 aliphatic rings. The highest BCUT2D eigenvalue weighted by atomic mass is 16.4. The van der Waals surface area contributed by atoms with Gasteiger partial charge in [-0.3, -0.25) is 4.79 Å². The molecule has 0 saturated heterocycles. The summed E-state index contributed by atoms with van der Waals surface area (Å²) in [5, 5.41) is 12.4. The molecule has 4 nitrogen and oxygen atoms in total. The zero-order valence-electron chi connectivity index (χ0n) is 12.1. The summed E-state index contributed by atoms with van der Waals surface area (Å²) in [5.41, 5.74) is -0.739. The maximum absolute atomic E-state index is 12.3. The molecule has 2 unspecified atom stereocenters. The molecular formula is C16H21NO3. The molecule has 1 saturated carbocycles. The van der Waals surface area contributed by atoms with Crippen LogP contribution in [0.5, 0.6) is 0 Å². The fraction of sp³-hybridized carbons (Fsp3) is 0.500. The number of benzene rings is 1. The second-order valence-corrected chi connectivity index (χ2v) is 6.16. The van der Waals surface area contributed by atoms with Gasteiger partial charge in [-0.15, -0.1) is 0 Å². The lowest BCUT2D eigenvalue weighted by Crippen LogP contribution is -2.52. The van der Waals surface area contributed by atoms with Gasteiger partial charge in [-0.1, -0.05) is 51.1 Å². The average Bonchev–Trinajstić information content (AvgIpc) is 3.06. The summed E-state index contributed by atoms with van der Waals surface area (Å²) in [5.74, 6) is -1.27. The van der Waals surface area contributed by atoms with Crippen molar-refractivity contribution < 1.29 is 14.7 Å². The van der Waals surface area contributed by atoms with E-state index in [0.29, 0.717) is 12.0 Å². The van der Waals surface area contributed by atoms with Crippen LogP contribution in [-0.2, 0) is 15.1 Å². The number of carbonyl (C=O) groups is 2. The minimum atomic E-state index is -1.34. The summed E-state index contributed by atoms with van der Waals surface area (Å²) in [7, 11) is 0. The molecule has 108 valence electrons. The lowest BCUT2D eigenvalue weighted by Gasteiger charge is -2.30. The van der Waals surface area contributed by atoms with Crippen LogP contribution < -0.4 is 5.32 Å². The summed E-state index contributed by atoms with van der Waals surface area (Å²) in [6, 6.07) is 8.90. The Morgan fingerprint density at radius 2 is 1.90 bits per heavy atom. The topological polar surface area (TPSA) is 66.4 Å². The lowest BCUT2D eigenvalue weighted by molar-refractivity contribution is -0.148. The first kappa shape index (κ1) is 14.6. The molecule has 1 aliphatic carbocycles. The van der Waals surface area contributed by atoms with Gasteiger partial charge in [0.15, 0.2) is 5.54 Å². The van der Waals surface area contributed by atoms with Gasteiger partial charge in [-0.25, -0.2) is 4.79 Å². The fourth-order valence-corrected chi connectivity index (χ4v) is 2.63. The molecule has 2 atom stereocenters. The molecule has 2 rings (SSSR count). The Kier molecular flexibility index (Phi) is 3.59. The summed E-state index contributed by atoms with van der Waals surface area (Å²) in [6.45, 7) is 5.82. The van der Waals surface area contributed by atoms with Gasteiger partial charge in [0.25, 0.3) is 0 Å². The van der Waals surface area contributed by atoms with E-state index < -0.39 is 11.5 Å². The van der Waals surface area contributed by atoms with Gasteiger partial charge in [0.2, 0.25) is 5.91 Å². The van der Waals surface area contributed by atoms with Gasteiger partial charge in [0.05, 0.1) is 0 Å². The van der Waals surface area contributed by atoms with Crippen molar-refractivity contribution in [2.75, 3.05) is 0 Å². The van der Waals surface area contributed by atoms with Crippen LogP contribution in [-0.4, -0.2) is 17.0 Å². The van der Waals surface area contributed by atoms with E-state index in [-0.39, 0.29) is 17.2 Å². The molecule has 0 aromatic heterocycles. The van der Waals surface area contributed by atoms with Crippen LogP contribution in [0.4, 0.5) is 0 Å². The molecule has 2 N–H and O–H groups in total. The third-order valence-electron chi connectivity index (χ3n) is 4.33. The quantitative estimate of drug-likeness (QED) is 0.867. The standard InChI is InChI=1S/C16H21NO3/c1-4-16(14(19)20,11-8-6-5-7-9-11)17-13(18)12-10-15(12,2)3/h5-9,12H,4,10H2,1-3H3,(H,17,18)(H,19,20). The average molecular weight is 275 g/mol. The highest BCUT2D eigenvalue weighted by molar-refractivity contribution is 5.90. The maximum Gasteiger partial charge on any atom is 0.334 e. The Morgan fingerprint density at radius 3 is 2.30 bits per heavy atom. The Balaban J connectivity index is 2.29. The number of hydrogen-bond donors (Lipinski definition) is 2. The number of carboxylic acids is 1. The second kappa shape index (κ2) is 4.93. The van der Waals surface area contributed by atoms with Crippen molar-refractivity contribution in [1.29, 1.82) is 0 Å². The highest BCUT2D eigenvalue weighted by Gasteiger charge is 2.53. The molecule has 0 bridgehead atoms. The Bertz CT molecular complexity index is 524. The van der Waals surface area contributed by atoms with E-state index in [1.807, 2.05) is 19.9 Å². The maximum atomic E-state index is 12.3. The van der Waals surface area contributed by atoms with Crippen molar-refractivity contribution >= 4 is 11.9 Å². The van der Waals surface area contributed by atoms with Crippen molar-refractivity contribution in [2.45, 2.75) is 39.2 Å². The summed E-state index contributed by atoms with van der Waals surface area (Å²) in [4.78, 5) is 24.1. The first-order chi connectivity index (χ1) is 9.33. The third-order valence-corrected chi connectivity index (χ3v) is 4.33. The molecule has 0 radical (unpaired) electrons. The molecule has 1 aromatic rings. The predicted molar refractivity (Wildman–Crippen MR) is 76.1 cm³/mol. The zero-order chi connectivity index (χ0) is 15.0. The molecule has 0 spiro atoms. The molecule has 20 heavy (non-hydrogen) atoms. The largest absolute Gasteiger partial charge is 0.479 e. The smallest absolute Gasteiger partial charge is 0.334 e. The van der Waals surface area contributed by atoms with Gasteiger partial charge in [0, 0.05) is 5.92 Å². The van der Waals surface area contributed by atoms with E-state index in [1.54, 1.807) is 31.2 Å². The Morgan fingerprint density at radius 1 is 1.35 bits per heavy atom. The number of aliphatic carboxylic acids is 1. The summed E-state index contributed by atoms with van der Waals surface area (Å²) < 4.78 is 0. The molecule has 4 heteroatoms. The van der Waals surface area contributed by atoms with Crippen LogP contribution in [0.1, 0.15) is 39.2 Å².